The number of nitrogens with one attached hydrogen (secondary N) is 1. The Labute approximate surface area is 79.2 Å². The fourth-order valence-corrected chi connectivity index (χ4v) is 1.46. The predicted molar refractivity (Wildman–Crippen MR) is 50.6 cm³/mol. The van der Waals surface area contributed by atoms with E-state index in [-0.39, 0.29) is 5.91 Å². The minimum atomic E-state index is 0.186. The van der Waals surface area contributed by atoms with E-state index in [4.69, 9.17) is 4.74 Å². The van der Waals surface area contributed by atoms with Crippen LogP contribution in [0.4, 0.5) is 0 Å². The first-order chi connectivity index (χ1) is 6.33. The molecule has 1 rings (SSSR count). The first kappa shape index (κ1) is 10.5. The molecule has 0 aromatic rings. The van der Waals surface area contributed by atoms with Crippen LogP contribution in [-0.4, -0.2) is 50.7 Å². The minimum Gasteiger partial charge on any atom is -0.383 e. The van der Waals surface area contributed by atoms with E-state index in [0.717, 1.165) is 39.2 Å². The molecule has 0 unspecified atom stereocenters. The fraction of sp³-hybridized carbons (Fsp3) is 0.889. The Morgan fingerprint density at radius 2 is 2.38 bits per heavy atom. The molecule has 1 N–H and O–H groups in total. The van der Waals surface area contributed by atoms with Crippen molar-refractivity contribution in [3.05, 3.63) is 0 Å². The highest BCUT2D eigenvalue weighted by atomic mass is 16.5. The van der Waals surface area contributed by atoms with Gasteiger partial charge in [0.25, 0.3) is 0 Å². The van der Waals surface area contributed by atoms with Gasteiger partial charge in [-0.1, -0.05) is 0 Å². The average molecular weight is 186 g/mol. The second-order valence-corrected chi connectivity index (χ2v) is 3.29. The Bertz CT molecular complexity index is 150. The van der Waals surface area contributed by atoms with Gasteiger partial charge in [-0.15, -0.1) is 0 Å². The summed E-state index contributed by atoms with van der Waals surface area (Å²) in [4.78, 5) is 13.3. The highest BCUT2D eigenvalue weighted by molar-refractivity contribution is 5.75. The maximum atomic E-state index is 11.0. The molecule has 1 saturated heterocycles. The van der Waals surface area contributed by atoms with Crippen LogP contribution < -0.4 is 5.32 Å². The zero-order chi connectivity index (χ0) is 9.52. The van der Waals surface area contributed by atoms with Crippen molar-refractivity contribution >= 4 is 5.91 Å². The second-order valence-electron chi connectivity index (χ2n) is 3.29. The summed E-state index contributed by atoms with van der Waals surface area (Å²) < 4.78 is 5.01. The van der Waals surface area contributed by atoms with Gasteiger partial charge in [-0.05, 0) is 13.0 Å². The molecule has 0 aliphatic carbocycles. The number of methoxy groups -OCH3 is 1. The highest BCUT2D eigenvalue weighted by Gasteiger charge is 2.10. The van der Waals surface area contributed by atoms with Crippen LogP contribution in [0.3, 0.4) is 0 Å². The summed E-state index contributed by atoms with van der Waals surface area (Å²) in [5.74, 6) is 0.186. The first-order valence-corrected chi connectivity index (χ1v) is 4.81. The molecule has 0 radical (unpaired) electrons. The second kappa shape index (κ2) is 5.94. The van der Waals surface area contributed by atoms with Gasteiger partial charge in [-0.25, -0.2) is 0 Å². The zero-order valence-corrected chi connectivity index (χ0v) is 8.21. The van der Waals surface area contributed by atoms with E-state index in [9.17, 15) is 4.79 Å². The summed E-state index contributed by atoms with van der Waals surface area (Å²) >= 11 is 0. The highest BCUT2D eigenvalue weighted by Crippen LogP contribution is 1.98. The molecule has 0 bridgehead atoms. The number of ether oxygens (including phenoxy) is 1. The monoisotopic (exact) mass is 186 g/mol. The molecule has 1 amide bonds. The van der Waals surface area contributed by atoms with Crippen LogP contribution in [-0.2, 0) is 9.53 Å². The van der Waals surface area contributed by atoms with E-state index < -0.39 is 0 Å². The first-order valence-electron chi connectivity index (χ1n) is 4.81. The van der Waals surface area contributed by atoms with Gasteiger partial charge >= 0.3 is 0 Å². The van der Waals surface area contributed by atoms with Gasteiger partial charge in [-0.3, -0.25) is 9.69 Å². The lowest BCUT2D eigenvalue weighted by Crippen LogP contribution is -2.39. The molecular formula is C9H18N2O2. The van der Waals surface area contributed by atoms with E-state index in [2.05, 4.69) is 10.2 Å². The van der Waals surface area contributed by atoms with Gasteiger partial charge in [0.15, 0.2) is 0 Å². The lowest BCUT2D eigenvalue weighted by Gasteiger charge is -2.24. The van der Waals surface area contributed by atoms with Gasteiger partial charge < -0.3 is 10.1 Å². The molecule has 4 heteroatoms. The molecule has 0 aromatic carbocycles. The van der Waals surface area contributed by atoms with Crippen LogP contribution in [0.15, 0.2) is 0 Å². The smallest absolute Gasteiger partial charge is 0.220 e. The van der Waals surface area contributed by atoms with Crippen molar-refractivity contribution < 1.29 is 9.53 Å². The topological polar surface area (TPSA) is 41.6 Å². The van der Waals surface area contributed by atoms with Crippen molar-refractivity contribution in [1.29, 1.82) is 0 Å². The molecule has 1 heterocycles. The molecule has 13 heavy (non-hydrogen) atoms. The third-order valence-corrected chi connectivity index (χ3v) is 2.24. The Morgan fingerprint density at radius 1 is 1.54 bits per heavy atom. The largest absolute Gasteiger partial charge is 0.383 e. The van der Waals surface area contributed by atoms with Gasteiger partial charge in [0.2, 0.25) is 5.91 Å². The fourth-order valence-electron chi connectivity index (χ4n) is 1.46. The molecule has 0 aromatic heterocycles. The summed E-state index contributed by atoms with van der Waals surface area (Å²) in [6.07, 6.45) is 1.61. The Hall–Kier alpha value is -0.610. The standard InChI is InChI=1S/C9H18N2O2/c1-13-8-7-11-5-2-3-9(12)10-4-6-11/h2-8H2,1H3,(H,10,12). The number of amides is 1. The van der Waals surface area contributed by atoms with Crippen LogP contribution >= 0.6 is 0 Å². The predicted octanol–water partition coefficient (Wildman–Crippen LogP) is -0.155. The normalized spacial score (nSPS) is 20.5. The molecular weight excluding hydrogens is 168 g/mol. The van der Waals surface area contributed by atoms with Crippen LogP contribution in [0.2, 0.25) is 0 Å². The van der Waals surface area contributed by atoms with E-state index >= 15 is 0 Å². The zero-order valence-electron chi connectivity index (χ0n) is 8.21. The summed E-state index contributed by atoms with van der Waals surface area (Å²) in [5.41, 5.74) is 0. The Balaban J connectivity index is 2.20. The van der Waals surface area contributed by atoms with E-state index in [0.29, 0.717) is 6.42 Å². The summed E-state index contributed by atoms with van der Waals surface area (Å²) in [6, 6.07) is 0. The molecule has 4 nitrogen and oxygen atoms in total. The number of hydrogen-bond acceptors (Lipinski definition) is 3. The molecule has 76 valence electrons. The van der Waals surface area contributed by atoms with Crippen molar-refractivity contribution in [3.8, 4) is 0 Å². The van der Waals surface area contributed by atoms with Crippen molar-refractivity contribution in [2.24, 2.45) is 0 Å². The molecule has 1 aliphatic heterocycles. The Morgan fingerprint density at radius 3 is 3.15 bits per heavy atom. The maximum Gasteiger partial charge on any atom is 0.220 e. The van der Waals surface area contributed by atoms with Crippen LogP contribution in [0.1, 0.15) is 12.8 Å². The average Bonchev–Trinajstić information content (AvgIpc) is 2.09. The van der Waals surface area contributed by atoms with Crippen molar-refractivity contribution in [1.82, 2.24) is 10.2 Å². The van der Waals surface area contributed by atoms with Crippen LogP contribution in [0.5, 0.6) is 0 Å². The third-order valence-electron chi connectivity index (χ3n) is 2.24. The van der Waals surface area contributed by atoms with E-state index in [1.165, 1.54) is 0 Å². The van der Waals surface area contributed by atoms with E-state index in [1.807, 2.05) is 0 Å². The third kappa shape index (κ3) is 4.24. The van der Waals surface area contributed by atoms with E-state index in [1.54, 1.807) is 7.11 Å². The maximum absolute atomic E-state index is 11.0. The number of rotatable bonds is 3. The molecule has 1 fully saturated rings. The van der Waals surface area contributed by atoms with Crippen molar-refractivity contribution in [2.45, 2.75) is 12.8 Å². The van der Waals surface area contributed by atoms with Gasteiger partial charge in [-0.2, -0.15) is 0 Å². The number of hydrogen-bond donors (Lipinski definition) is 1. The number of carbonyl (C=O) groups is 1. The summed E-state index contributed by atoms with van der Waals surface area (Å²) in [5, 5.41) is 2.87. The lowest BCUT2D eigenvalue weighted by molar-refractivity contribution is -0.121. The number of carbonyl (C=O) groups excluding carboxylic acids is 1. The summed E-state index contributed by atoms with van der Waals surface area (Å²) in [6.45, 7) is 4.45. The lowest BCUT2D eigenvalue weighted by atomic mass is 10.2. The quantitative estimate of drug-likeness (QED) is 0.666. The van der Waals surface area contributed by atoms with Crippen LogP contribution in [0.25, 0.3) is 0 Å². The molecule has 0 atom stereocenters. The van der Waals surface area contributed by atoms with Gasteiger partial charge in [0.1, 0.15) is 0 Å². The molecule has 1 aliphatic rings. The Kier molecular flexibility index (Phi) is 4.78. The van der Waals surface area contributed by atoms with Crippen LogP contribution in [0, 0.1) is 0 Å². The molecule has 0 saturated carbocycles. The van der Waals surface area contributed by atoms with Gasteiger partial charge in [0.05, 0.1) is 6.61 Å². The minimum absolute atomic E-state index is 0.186. The van der Waals surface area contributed by atoms with Gasteiger partial charge in [0, 0.05) is 33.2 Å². The van der Waals surface area contributed by atoms with Crippen molar-refractivity contribution in [2.75, 3.05) is 39.9 Å². The summed E-state index contributed by atoms with van der Waals surface area (Å²) in [7, 11) is 1.71. The molecule has 0 spiro atoms. The SMILES string of the molecule is COCCN1CCCC(=O)NCC1. The van der Waals surface area contributed by atoms with Crippen molar-refractivity contribution in [3.63, 3.8) is 0 Å². The number of nitrogens with zero attached hydrogens (tertiary/aromatic N) is 1.